The van der Waals surface area contributed by atoms with Gasteiger partial charge in [-0.2, -0.15) is 0 Å². The molecule has 3 nitrogen and oxygen atoms in total. The number of hydrogen-bond donors (Lipinski definition) is 2. The van der Waals surface area contributed by atoms with Gasteiger partial charge in [0.15, 0.2) is 0 Å². The van der Waals surface area contributed by atoms with Gasteiger partial charge in [-0.15, -0.1) is 11.3 Å². The molecule has 0 aliphatic rings. The van der Waals surface area contributed by atoms with Gasteiger partial charge >= 0.3 is 0 Å². The Balaban J connectivity index is 2.07. The van der Waals surface area contributed by atoms with Crippen LogP contribution in [0, 0.1) is 0 Å². The highest BCUT2D eigenvalue weighted by Crippen LogP contribution is 2.17. The fourth-order valence-corrected chi connectivity index (χ4v) is 2.21. The van der Waals surface area contributed by atoms with Crippen molar-refractivity contribution in [2.24, 2.45) is 0 Å². The number of hydrogen-bond acceptors (Lipinski definition) is 3. The monoisotopic (exact) mass is 246 g/mol. The van der Waals surface area contributed by atoms with E-state index in [0.717, 1.165) is 10.4 Å². The van der Waals surface area contributed by atoms with Gasteiger partial charge in [-0.3, -0.25) is 4.79 Å². The second-order valence-corrected chi connectivity index (χ2v) is 4.79. The zero-order valence-electron chi connectivity index (χ0n) is 9.51. The molecule has 1 heterocycles. The minimum Gasteiger partial charge on any atom is -0.399 e. The molecule has 0 bridgehead atoms. The first-order valence-electron chi connectivity index (χ1n) is 5.36. The Kier molecular flexibility index (Phi) is 3.44. The zero-order chi connectivity index (χ0) is 12.3. The molecule has 88 valence electrons. The summed E-state index contributed by atoms with van der Waals surface area (Å²) in [5, 5.41) is 4.83. The summed E-state index contributed by atoms with van der Waals surface area (Å²) in [6.07, 6.45) is 0. The summed E-state index contributed by atoms with van der Waals surface area (Å²) in [5.41, 5.74) is 7.43. The van der Waals surface area contributed by atoms with Gasteiger partial charge in [-0.25, -0.2) is 0 Å². The van der Waals surface area contributed by atoms with E-state index in [0.29, 0.717) is 5.69 Å². The number of amides is 1. The van der Waals surface area contributed by atoms with Crippen molar-refractivity contribution in [2.45, 2.75) is 13.0 Å². The maximum atomic E-state index is 11.8. The molecule has 0 aliphatic heterocycles. The van der Waals surface area contributed by atoms with Crippen molar-refractivity contribution >= 4 is 22.9 Å². The van der Waals surface area contributed by atoms with Crippen LogP contribution < -0.4 is 11.1 Å². The number of carbonyl (C=O) groups excluding carboxylic acids is 1. The first-order chi connectivity index (χ1) is 8.16. The van der Waals surface area contributed by atoms with Crippen LogP contribution in [0.1, 0.15) is 28.2 Å². The third-order valence-corrected chi connectivity index (χ3v) is 3.37. The number of thiophene rings is 1. The average Bonchev–Trinajstić information content (AvgIpc) is 2.82. The number of rotatable bonds is 3. The summed E-state index contributed by atoms with van der Waals surface area (Å²) in [5.74, 6) is -0.0464. The molecule has 17 heavy (non-hydrogen) atoms. The predicted octanol–water partition coefficient (Wildman–Crippen LogP) is 2.82. The molecule has 0 spiro atoms. The van der Waals surface area contributed by atoms with E-state index < -0.39 is 0 Å². The summed E-state index contributed by atoms with van der Waals surface area (Å²) < 4.78 is 0. The van der Waals surface area contributed by atoms with E-state index in [1.807, 2.05) is 48.7 Å². The second kappa shape index (κ2) is 5.01. The van der Waals surface area contributed by atoms with Gasteiger partial charge in [0.2, 0.25) is 0 Å². The molecule has 2 rings (SSSR count). The molecule has 0 saturated heterocycles. The summed E-state index contributed by atoms with van der Waals surface area (Å²) >= 11 is 1.43. The van der Waals surface area contributed by atoms with Crippen LogP contribution in [0.2, 0.25) is 0 Å². The Bertz CT molecular complexity index is 508. The lowest BCUT2D eigenvalue weighted by molar-refractivity contribution is 0.0944. The standard InChI is InChI=1S/C13H14N2OS/c1-9(10-4-2-5-11(14)8-10)15-13(16)12-6-3-7-17-12/h2-9H,14H2,1H3,(H,15,16). The maximum Gasteiger partial charge on any atom is 0.261 e. The Morgan fingerprint density at radius 2 is 2.18 bits per heavy atom. The van der Waals surface area contributed by atoms with Crippen LogP contribution in [0.15, 0.2) is 41.8 Å². The molecule has 0 saturated carbocycles. The molecule has 4 heteroatoms. The summed E-state index contributed by atoms with van der Waals surface area (Å²) in [4.78, 5) is 12.6. The number of anilines is 1. The van der Waals surface area contributed by atoms with E-state index in [2.05, 4.69) is 5.32 Å². The molecule has 0 aliphatic carbocycles. The lowest BCUT2D eigenvalue weighted by Crippen LogP contribution is -2.25. The highest BCUT2D eigenvalue weighted by molar-refractivity contribution is 7.12. The van der Waals surface area contributed by atoms with Gasteiger partial charge in [0.1, 0.15) is 0 Å². The highest BCUT2D eigenvalue weighted by atomic mass is 32.1. The number of nitrogens with one attached hydrogen (secondary N) is 1. The Morgan fingerprint density at radius 1 is 1.35 bits per heavy atom. The summed E-state index contributed by atoms with van der Waals surface area (Å²) in [6.45, 7) is 1.94. The van der Waals surface area contributed by atoms with E-state index in [9.17, 15) is 4.79 Å². The molecular formula is C13H14N2OS. The van der Waals surface area contributed by atoms with Crippen LogP contribution in [-0.2, 0) is 0 Å². The van der Waals surface area contributed by atoms with Gasteiger partial charge < -0.3 is 11.1 Å². The van der Waals surface area contributed by atoms with E-state index in [1.54, 1.807) is 0 Å². The van der Waals surface area contributed by atoms with Crippen molar-refractivity contribution in [3.8, 4) is 0 Å². The van der Waals surface area contributed by atoms with Crippen LogP contribution in [0.25, 0.3) is 0 Å². The molecule has 0 fully saturated rings. The molecule has 2 aromatic rings. The molecule has 3 N–H and O–H groups in total. The Labute approximate surface area is 104 Å². The minimum absolute atomic E-state index is 0.0464. The first kappa shape index (κ1) is 11.7. The van der Waals surface area contributed by atoms with Crippen molar-refractivity contribution < 1.29 is 4.79 Å². The fourth-order valence-electron chi connectivity index (χ4n) is 1.59. The topological polar surface area (TPSA) is 55.1 Å². The highest BCUT2D eigenvalue weighted by Gasteiger charge is 2.11. The molecule has 1 aromatic heterocycles. The summed E-state index contributed by atoms with van der Waals surface area (Å²) in [6, 6.07) is 11.2. The van der Waals surface area contributed by atoms with E-state index in [-0.39, 0.29) is 11.9 Å². The lowest BCUT2D eigenvalue weighted by atomic mass is 10.1. The number of carbonyl (C=O) groups is 1. The van der Waals surface area contributed by atoms with Crippen molar-refractivity contribution in [3.05, 3.63) is 52.2 Å². The van der Waals surface area contributed by atoms with Gasteiger partial charge in [-0.1, -0.05) is 18.2 Å². The molecule has 1 atom stereocenters. The van der Waals surface area contributed by atoms with E-state index in [1.165, 1.54) is 11.3 Å². The van der Waals surface area contributed by atoms with Gasteiger partial charge in [0.05, 0.1) is 10.9 Å². The van der Waals surface area contributed by atoms with Crippen LogP contribution in [0.4, 0.5) is 5.69 Å². The smallest absolute Gasteiger partial charge is 0.261 e. The Hall–Kier alpha value is -1.81. The molecule has 1 unspecified atom stereocenters. The summed E-state index contributed by atoms with van der Waals surface area (Å²) in [7, 11) is 0. The fraction of sp³-hybridized carbons (Fsp3) is 0.154. The zero-order valence-corrected chi connectivity index (χ0v) is 10.3. The van der Waals surface area contributed by atoms with Crippen LogP contribution in [0.3, 0.4) is 0 Å². The van der Waals surface area contributed by atoms with Crippen molar-refractivity contribution in [3.63, 3.8) is 0 Å². The molecular weight excluding hydrogens is 232 g/mol. The predicted molar refractivity (Wildman–Crippen MR) is 71.1 cm³/mol. The quantitative estimate of drug-likeness (QED) is 0.818. The third-order valence-electron chi connectivity index (χ3n) is 2.50. The van der Waals surface area contributed by atoms with Crippen molar-refractivity contribution in [1.82, 2.24) is 5.32 Å². The minimum atomic E-state index is -0.0481. The average molecular weight is 246 g/mol. The van der Waals surface area contributed by atoms with E-state index in [4.69, 9.17) is 5.73 Å². The van der Waals surface area contributed by atoms with Gasteiger partial charge in [0, 0.05) is 5.69 Å². The number of nitrogen functional groups attached to an aromatic ring is 1. The van der Waals surface area contributed by atoms with E-state index >= 15 is 0 Å². The largest absolute Gasteiger partial charge is 0.399 e. The first-order valence-corrected chi connectivity index (χ1v) is 6.24. The second-order valence-electron chi connectivity index (χ2n) is 3.84. The van der Waals surface area contributed by atoms with Gasteiger partial charge in [-0.05, 0) is 36.1 Å². The molecule has 1 amide bonds. The normalized spacial score (nSPS) is 12.1. The molecule has 1 aromatic carbocycles. The number of nitrogens with two attached hydrogens (primary N) is 1. The molecule has 0 radical (unpaired) electrons. The number of benzene rings is 1. The third kappa shape index (κ3) is 2.85. The Morgan fingerprint density at radius 3 is 2.82 bits per heavy atom. The maximum absolute atomic E-state index is 11.8. The lowest BCUT2D eigenvalue weighted by Gasteiger charge is -2.14. The SMILES string of the molecule is CC(NC(=O)c1cccs1)c1cccc(N)c1. The van der Waals surface area contributed by atoms with Crippen LogP contribution >= 0.6 is 11.3 Å². The van der Waals surface area contributed by atoms with Crippen LogP contribution in [0.5, 0.6) is 0 Å². The van der Waals surface area contributed by atoms with Crippen LogP contribution in [-0.4, -0.2) is 5.91 Å². The van der Waals surface area contributed by atoms with Crippen molar-refractivity contribution in [2.75, 3.05) is 5.73 Å². The van der Waals surface area contributed by atoms with Crippen molar-refractivity contribution in [1.29, 1.82) is 0 Å². The van der Waals surface area contributed by atoms with Gasteiger partial charge in [0.25, 0.3) is 5.91 Å².